The Morgan fingerprint density at radius 2 is 1.59 bits per heavy atom. The van der Waals surface area contributed by atoms with Gasteiger partial charge in [-0.1, -0.05) is 25.1 Å². The number of para-hydroxylation sites is 1. The Bertz CT molecular complexity index is 848. The van der Waals surface area contributed by atoms with Crippen LogP contribution in [0.15, 0.2) is 30.3 Å². The number of ether oxygens (including phenoxy) is 3. The highest BCUT2D eigenvalue weighted by molar-refractivity contribution is 5.96. The number of carbonyl (C=O) groups is 1. The van der Waals surface area contributed by atoms with E-state index in [2.05, 4.69) is 36.9 Å². The van der Waals surface area contributed by atoms with Crippen molar-refractivity contribution in [2.45, 2.75) is 20.3 Å². The number of carbonyl (C=O) groups excluding carboxylic acids is 1. The van der Waals surface area contributed by atoms with Gasteiger partial charge in [0.1, 0.15) is 0 Å². The van der Waals surface area contributed by atoms with Gasteiger partial charge in [0.25, 0.3) is 5.91 Å². The first-order valence-corrected chi connectivity index (χ1v) is 9.96. The number of hydrogen-bond donors (Lipinski definition) is 0. The Morgan fingerprint density at radius 3 is 2.10 bits per heavy atom. The molecule has 1 aliphatic rings. The standard InChI is InChI=1S/C23H30N2O4/c1-6-17-9-7-8-16(2)21(17)24-10-12-25(13-11-24)23(26)18-14-19(27-3)22(29-5)20(15-18)28-4/h7-9,14-15H,6,10-13H2,1-5H3. The molecule has 0 radical (unpaired) electrons. The number of benzene rings is 2. The number of rotatable bonds is 6. The summed E-state index contributed by atoms with van der Waals surface area (Å²) in [7, 11) is 4.66. The maximum atomic E-state index is 13.1. The van der Waals surface area contributed by atoms with Crippen molar-refractivity contribution >= 4 is 11.6 Å². The van der Waals surface area contributed by atoms with Gasteiger partial charge in [0.2, 0.25) is 5.75 Å². The molecule has 0 saturated carbocycles. The van der Waals surface area contributed by atoms with Crippen LogP contribution in [-0.2, 0) is 6.42 Å². The fourth-order valence-electron chi connectivity index (χ4n) is 3.98. The zero-order valence-electron chi connectivity index (χ0n) is 17.9. The van der Waals surface area contributed by atoms with Gasteiger partial charge in [-0.05, 0) is 36.6 Å². The number of amides is 1. The normalized spacial score (nSPS) is 14.0. The summed E-state index contributed by atoms with van der Waals surface area (Å²) < 4.78 is 16.1. The van der Waals surface area contributed by atoms with Gasteiger partial charge < -0.3 is 24.0 Å². The summed E-state index contributed by atoms with van der Waals surface area (Å²) in [5.74, 6) is 1.44. The van der Waals surface area contributed by atoms with Crippen LogP contribution in [0.2, 0.25) is 0 Å². The highest BCUT2D eigenvalue weighted by atomic mass is 16.5. The van der Waals surface area contributed by atoms with E-state index < -0.39 is 0 Å². The molecule has 0 N–H and O–H groups in total. The predicted octanol–water partition coefficient (Wildman–Crippen LogP) is 3.55. The lowest BCUT2D eigenvalue weighted by Crippen LogP contribution is -2.49. The van der Waals surface area contributed by atoms with E-state index in [-0.39, 0.29) is 5.91 Å². The van der Waals surface area contributed by atoms with Crippen molar-refractivity contribution in [3.63, 3.8) is 0 Å². The third-order valence-electron chi connectivity index (χ3n) is 5.50. The minimum absolute atomic E-state index is 0.0237. The third kappa shape index (κ3) is 4.11. The van der Waals surface area contributed by atoms with Crippen LogP contribution in [-0.4, -0.2) is 58.3 Å². The molecule has 0 atom stereocenters. The molecule has 1 fully saturated rings. The molecule has 0 spiro atoms. The highest BCUT2D eigenvalue weighted by Crippen LogP contribution is 2.38. The molecular weight excluding hydrogens is 368 g/mol. The zero-order chi connectivity index (χ0) is 21.0. The van der Waals surface area contributed by atoms with E-state index in [9.17, 15) is 4.79 Å². The molecule has 1 amide bonds. The Hall–Kier alpha value is -2.89. The molecule has 0 aromatic heterocycles. The third-order valence-corrected chi connectivity index (χ3v) is 5.50. The molecule has 6 nitrogen and oxygen atoms in total. The maximum absolute atomic E-state index is 13.1. The summed E-state index contributed by atoms with van der Waals surface area (Å²) in [6.07, 6.45) is 1.00. The van der Waals surface area contributed by atoms with Crippen LogP contribution >= 0.6 is 0 Å². The summed E-state index contributed by atoms with van der Waals surface area (Å²) in [5, 5.41) is 0. The number of aryl methyl sites for hydroxylation is 2. The van der Waals surface area contributed by atoms with Gasteiger partial charge >= 0.3 is 0 Å². The highest BCUT2D eigenvalue weighted by Gasteiger charge is 2.26. The number of anilines is 1. The van der Waals surface area contributed by atoms with Crippen molar-refractivity contribution in [1.82, 2.24) is 4.90 Å². The molecule has 2 aromatic carbocycles. The van der Waals surface area contributed by atoms with E-state index in [1.807, 2.05) is 4.90 Å². The fourth-order valence-corrected chi connectivity index (χ4v) is 3.98. The molecule has 0 aliphatic carbocycles. The van der Waals surface area contributed by atoms with E-state index in [1.165, 1.54) is 16.8 Å². The average molecular weight is 399 g/mol. The molecule has 0 bridgehead atoms. The van der Waals surface area contributed by atoms with E-state index in [4.69, 9.17) is 14.2 Å². The Morgan fingerprint density at radius 1 is 0.966 bits per heavy atom. The zero-order valence-corrected chi connectivity index (χ0v) is 17.9. The SMILES string of the molecule is CCc1cccc(C)c1N1CCN(C(=O)c2cc(OC)c(OC)c(OC)c2)CC1. The van der Waals surface area contributed by atoms with Gasteiger partial charge in [-0.25, -0.2) is 0 Å². The monoisotopic (exact) mass is 398 g/mol. The lowest BCUT2D eigenvalue weighted by atomic mass is 10.0. The largest absolute Gasteiger partial charge is 0.493 e. The topological polar surface area (TPSA) is 51.2 Å². The minimum atomic E-state index is -0.0237. The second kappa shape index (κ2) is 9.07. The fraction of sp³-hybridized carbons (Fsp3) is 0.435. The first kappa shape index (κ1) is 20.8. The quantitative estimate of drug-likeness (QED) is 0.745. The molecular formula is C23H30N2O4. The maximum Gasteiger partial charge on any atom is 0.254 e. The number of nitrogens with zero attached hydrogens (tertiary/aromatic N) is 2. The lowest BCUT2D eigenvalue weighted by Gasteiger charge is -2.38. The summed E-state index contributed by atoms with van der Waals surface area (Å²) in [6.45, 7) is 7.31. The molecule has 1 saturated heterocycles. The van der Waals surface area contributed by atoms with Crippen molar-refractivity contribution in [2.24, 2.45) is 0 Å². The van der Waals surface area contributed by atoms with E-state index in [0.29, 0.717) is 35.9 Å². The molecule has 29 heavy (non-hydrogen) atoms. The number of hydrogen-bond acceptors (Lipinski definition) is 5. The smallest absolute Gasteiger partial charge is 0.254 e. The van der Waals surface area contributed by atoms with Crippen molar-refractivity contribution < 1.29 is 19.0 Å². The molecule has 2 aromatic rings. The molecule has 156 valence electrons. The first-order valence-electron chi connectivity index (χ1n) is 9.96. The van der Waals surface area contributed by atoms with Crippen LogP contribution in [0.4, 0.5) is 5.69 Å². The second-order valence-corrected chi connectivity index (χ2v) is 7.13. The number of methoxy groups -OCH3 is 3. The van der Waals surface area contributed by atoms with Crippen LogP contribution in [0.3, 0.4) is 0 Å². The Labute approximate surface area is 173 Å². The van der Waals surface area contributed by atoms with Crippen molar-refractivity contribution in [1.29, 1.82) is 0 Å². The van der Waals surface area contributed by atoms with Gasteiger partial charge in [0.05, 0.1) is 21.3 Å². The summed E-state index contributed by atoms with van der Waals surface area (Å²) in [5.41, 5.74) is 4.50. The van der Waals surface area contributed by atoms with Gasteiger partial charge in [0, 0.05) is 37.4 Å². The summed E-state index contributed by atoms with van der Waals surface area (Å²) >= 11 is 0. The van der Waals surface area contributed by atoms with Crippen molar-refractivity contribution in [3.8, 4) is 17.2 Å². The van der Waals surface area contributed by atoms with Gasteiger partial charge in [0.15, 0.2) is 11.5 Å². The minimum Gasteiger partial charge on any atom is -0.493 e. The summed E-state index contributed by atoms with van der Waals surface area (Å²) in [4.78, 5) is 17.4. The van der Waals surface area contributed by atoms with Gasteiger partial charge in [-0.15, -0.1) is 0 Å². The average Bonchev–Trinajstić information content (AvgIpc) is 2.77. The molecule has 1 aliphatic heterocycles. The van der Waals surface area contributed by atoms with E-state index >= 15 is 0 Å². The van der Waals surface area contributed by atoms with Crippen molar-refractivity contribution in [3.05, 3.63) is 47.0 Å². The molecule has 1 heterocycles. The Balaban J connectivity index is 1.77. The van der Waals surface area contributed by atoms with Crippen LogP contribution in [0, 0.1) is 6.92 Å². The lowest BCUT2D eigenvalue weighted by molar-refractivity contribution is 0.0746. The Kier molecular flexibility index (Phi) is 6.52. The predicted molar refractivity (Wildman–Crippen MR) is 115 cm³/mol. The van der Waals surface area contributed by atoms with E-state index in [1.54, 1.807) is 33.5 Å². The van der Waals surface area contributed by atoms with Gasteiger partial charge in [-0.2, -0.15) is 0 Å². The number of piperazine rings is 1. The molecule has 0 unspecified atom stereocenters. The van der Waals surface area contributed by atoms with Crippen LogP contribution in [0.1, 0.15) is 28.4 Å². The van der Waals surface area contributed by atoms with Crippen LogP contribution in [0.25, 0.3) is 0 Å². The first-order chi connectivity index (χ1) is 14.0. The van der Waals surface area contributed by atoms with E-state index in [0.717, 1.165) is 19.5 Å². The summed E-state index contributed by atoms with van der Waals surface area (Å²) in [6, 6.07) is 9.89. The van der Waals surface area contributed by atoms with Crippen LogP contribution < -0.4 is 19.1 Å². The van der Waals surface area contributed by atoms with Crippen LogP contribution in [0.5, 0.6) is 17.2 Å². The molecule has 6 heteroatoms. The van der Waals surface area contributed by atoms with Gasteiger partial charge in [-0.3, -0.25) is 4.79 Å². The molecule has 3 rings (SSSR count). The second-order valence-electron chi connectivity index (χ2n) is 7.13. The van der Waals surface area contributed by atoms with Crippen molar-refractivity contribution in [2.75, 3.05) is 52.4 Å².